The van der Waals surface area contributed by atoms with Gasteiger partial charge in [0.2, 0.25) is 23.6 Å². The molecule has 2 saturated heterocycles. The molecule has 3 aliphatic heterocycles. The second-order valence-electron chi connectivity index (χ2n) is 12.6. The largest absolute Gasteiger partial charge is 0.508 e. The first-order valence-electron chi connectivity index (χ1n) is 15.0. The maximum Gasteiger partial charge on any atom is 0.241 e. The van der Waals surface area contributed by atoms with Crippen molar-refractivity contribution in [3.05, 3.63) is 100.0 Å². The van der Waals surface area contributed by atoms with Gasteiger partial charge in [-0.2, -0.15) is 0 Å². The summed E-state index contributed by atoms with van der Waals surface area (Å²) in [5, 5.41) is 12.1. The van der Waals surface area contributed by atoms with E-state index in [2.05, 4.69) is 6.08 Å². The smallest absolute Gasteiger partial charge is 0.241 e. The fraction of sp³-hybridized carbons (Fsp3) is 0.314. The van der Waals surface area contributed by atoms with E-state index < -0.39 is 29.1 Å². The zero-order valence-corrected chi connectivity index (χ0v) is 24.8. The van der Waals surface area contributed by atoms with E-state index in [4.69, 9.17) is 4.74 Å². The molecular formula is C35H30N2O6S. The molecule has 1 aromatic heterocycles. The summed E-state index contributed by atoms with van der Waals surface area (Å²) in [6.45, 7) is 2.12. The van der Waals surface area contributed by atoms with E-state index >= 15 is 0 Å². The van der Waals surface area contributed by atoms with Crippen LogP contribution in [0.1, 0.15) is 30.2 Å². The van der Waals surface area contributed by atoms with E-state index in [-0.39, 0.29) is 41.8 Å². The quantitative estimate of drug-likeness (QED) is 0.322. The minimum absolute atomic E-state index is 0.113. The second kappa shape index (κ2) is 9.75. The molecule has 5 aliphatic rings. The minimum Gasteiger partial charge on any atom is -0.508 e. The second-order valence-corrected chi connectivity index (χ2v) is 13.7. The van der Waals surface area contributed by atoms with Crippen molar-refractivity contribution in [3.63, 3.8) is 0 Å². The molecule has 222 valence electrons. The van der Waals surface area contributed by atoms with Crippen LogP contribution in [0.4, 0.5) is 5.69 Å². The Labute approximate surface area is 258 Å². The van der Waals surface area contributed by atoms with Crippen LogP contribution in [-0.2, 0) is 32.1 Å². The van der Waals surface area contributed by atoms with Gasteiger partial charge in [-0.25, -0.2) is 4.90 Å². The Morgan fingerprint density at radius 3 is 2.57 bits per heavy atom. The first-order valence-corrected chi connectivity index (χ1v) is 15.8. The summed E-state index contributed by atoms with van der Waals surface area (Å²) >= 11 is 1.51. The number of likely N-dealkylation sites (tertiary alicyclic amines) is 1. The number of carbonyl (C=O) groups is 4. The molecule has 1 N–H and O–H groups in total. The number of imide groups is 2. The number of amides is 4. The lowest BCUT2D eigenvalue weighted by molar-refractivity contribution is -0.141. The number of para-hydroxylation sites is 1. The number of ether oxygens (including phenoxy) is 1. The third-order valence-electron chi connectivity index (χ3n) is 10.4. The number of thiophene rings is 1. The van der Waals surface area contributed by atoms with E-state index in [1.807, 2.05) is 30.5 Å². The first kappa shape index (κ1) is 27.1. The van der Waals surface area contributed by atoms with Gasteiger partial charge >= 0.3 is 0 Å². The standard InChI is InChI=1S/C35H30N2O6S/c1-35-27(32(40)37(34(35)42)21-6-3-2-4-7-21)16-26-24(30(35)20-14-19-15-22(38)9-12-28(19)43-18-20)10-11-25-29(26)33(41)36(31(25)39)17-23-8-5-13-44-23/h2-10,12-13,15,18,25-27,29-30,38H,11,14,16-17H2,1H3. The number of rotatable bonds is 4. The number of allylic oxidation sites excluding steroid dienone is 3. The number of aromatic hydroxyl groups is 1. The van der Waals surface area contributed by atoms with Gasteiger partial charge in [0.05, 0.1) is 41.7 Å². The van der Waals surface area contributed by atoms with Crippen LogP contribution >= 0.6 is 11.3 Å². The van der Waals surface area contributed by atoms with Gasteiger partial charge in [-0.15, -0.1) is 11.3 Å². The molecule has 9 heteroatoms. The van der Waals surface area contributed by atoms with E-state index in [1.54, 1.807) is 48.7 Å². The van der Waals surface area contributed by atoms with Gasteiger partial charge in [0.25, 0.3) is 0 Å². The number of nitrogens with zero attached hydrogens (tertiary/aromatic N) is 2. The Morgan fingerprint density at radius 2 is 1.80 bits per heavy atom. The molecular weight excluding hydrogens is 576 g/mol. The lowest BCUT2D eigenvalue weighted by atomic mass is 9.51. The van der Waals surface area contributed by atoms with Crippen molar-refractivity contribution >= 4 is 40.7 Å². The molecule has 0 spiro atoms. The highest BCUT2D eigenvalue weighted by Crippen LogP contribution is 2.63. The number of phenols is 1. The average Bonchev–Trinajstić information content (AvgIpc) is 3.68. The summed E-state index contributed by atoms with van der Waals surface area (Å²) in [5.41, 5.74) is 1.91. The van der Waals surface area contributed by atoms with Gasteiger partial charge in [0, 0.05) is 22.8 Å². The predicted octanol–water partition coefficient (Wildman–Crippen LogP) is 5.24. The molecule has 0 bridgehead atoms. The first-order chi connectivity index (χ1) is 21.3. The van der Waals surface area contributed by atoms with Crippen molar-refractivity contribution in [1.82, 2.24) is 4.90 Å². The molecule has 2 aliphatic carbocycles. The zero-order valence-electron chi connectivity index (χ0n) is 24.0. The van der Waals surface area contributed by atoms with Crippen LogP contribution in [0, 0.1) is 35.0 Å². The third kappa shape index (κ3) is 3.75. The minimum atomic E-state index is -1.13. The maximum atomic E-state index is 14.5. The highest BCUT2D eigenvalue weighted by atomic mass is 32.1. The monoisotopic (exact) mass is 606 g/mol. The molecule has 6 atom stereocenters. The van der Waals surface area contributed by atoms with Crippen LogP contribution in [0.15, 0.2) is 89.5 Å². The van der Waals surface area contributed by atoms with E-state index in [1.165, 1.54) is 21.1 Å². The lowest BCUT2D eigenvalue weighted by Gasteiger charge is -2.49. The van der Waals surface area contributed by atoms with Gasteiger partial charge in [0.15, 0.2) is 0 Å². The molecule has 3 aromatic rings. The number of anilines is 1. The van der Waals surface area contributed by atoms with Gasteiger partial charge in [-0.1, -0.05) is 35.9 Å². The van der Waals surface area contributed by atoms with Crippen LogP contribution in [0.25, 0.3) is 0 Å². The average molecular weight is 607 g/mol. The zero-order chi connectivity index (χ0) is 30.3. The molecule has 1 saturated carbocycles. The van der Waals surface area contributed by atoms with Gasteiger partial charge in [-0.05, 0) is 73.0 Å². The van der Waals surface area contributed by atoms with Gasteiger partial charge in [-0.3, -0.25) is 24.1 Å². The predicted molar refractivity (Wildman–Crippen MR) is 162 cm³/mol. The van der Waals surface area contributed by atoms with Crippen LogP contribution in [0.5, 0.6) is 11.5 Å². The van der Waals surface area contributed by atoms with Crippen LogP contribution in [-0.4, -0.2) is 33.6 Å². The highest BCUT2D eigenvalue weighted by molar-refractivity contribution is 7.09. The molecule has 6 unspecified atom stereocenters. The number of hydrogen-bond donors (Lipinski definition) is 1. The summed E-state index contributed by atoms with van der Waals surface area (Å²) in [4.78, 5) is 60.1. The molecule has 4 amide bonds. The van der Waals surface area contributed by atoms with Crippen LogP contribution in [0.3, 0.4) is 0 Å². The fourth-order valence-electron chi connectivity index (χ4n) is 8.45. The summed E-state index contributed by atoms with van der Waals surface area (Å²) < 4.78 is 6.05. The number of fused-ring (bicyclic) bond motifs is 5. The number of benzene rings is 2. The Bertz CT molecular complexity index is 1800. The normalized spacial score (nSPS) is 30.7. The molecule has 3 fully saturated rings. The lowest BCUT2D eigenvalue weighted by Crippen LogP contribution is -2.51. The van der Waals surface area contributed by atoms with Crippen molar-refractivity contribution in [1.29, 1.82) is 0 Å². The summed E-state index contributed by atoms with van der Waals surface area (Å²) in [5.74, 6) is -2.87. The van der Waals surface area contributed by atoms with E-state index in [0.717, 1.165) is 21.6 Å². The Balaban J connectivity index is 1.24. The SMILES string of the molecule is CC12C(=O)N(c3ccccc3)C(=O)C1CC1C(=CCC3C(=O)N(Cc4cccs4)C(=O)C31)C2C1=COc2ccc(O)cc2C1. The highest BCUT2D eigenvalue weighted by Gasteiger charge is 2.68. The summed E-state index contributed by atoms with van der Waals surface area (Å²) in [6.07, 6.45) is 4.86. The molecule has 0 radical (unpaired) electrons. The van der Waals surface area contributed by atoms with Gasteiger partial charge in [0.1, 0.15) is 11.5 Å². The fourth-order valence-corrected chi connectivity index (χ4v) is 9.14. The number of hydrogen-bond acceptors (Lipinski definition) is 7. The molecule has 2 aromatic carbocycles. The Kier molecular flexibility index (Phi) is 6.00. The van der Waals surface area contributed by atoms with Crippen LogP contribution < -0.4 is 9.64 Å². The third-order valence-corrected chi connectivity index (χ3v) is 11.3. The van der Waals surface area contributed by atoms with E-state index in [0.29, 0.717) is 30.7 Å². The maximum absolute atomic E-state index is 14.5. The van der Waals surface area contributed by atoms with Gasteiger partial charge < -0.3 is 9.84 Å². The molecule has 4 heterocycles. The molecule has 8 rings (SSSR count). The number of carbonyl (C=O) groups excluding carboxylic acids is 4. The topological polar surface area (TPSA) is 104 Å². The Morgan fingerprint density at radius 1 is 0.977 bits per heavy atom. The number of phenolic OH excluding ortho intramolecular Hbond substituents is 1. The molecule has 44 heavy (non-hydrogen) atoms. The van der Waals surface area contributed by atoms with Crippen molar-refractivity contribution < 1.29 is 29.0 Å². The van der Waals surface area contributed by atoms with Crippen LogP contribution in [0.2, 0.25) is 0 Å². The van der Waals surface area contributed by atoms with E-state index in [9.17, 15) is 24.3 Å². The summed E-state index contributed by atoms with van der Waals surface area (Å²) in [6, 6.07) is 17.7. The summed E-state index contributed by atoms with van der Waals surface area (Å²) in [7, 11) is 0. The van der Waals surface area contributed by atoms with Crippen molar-refractivity contribution in [3.8, 4) is 11.5 Å². The Hall–Kier alpha value is -4.50. The molecule has 8 nitrogen and oxygen atoms in total. The van der Waals surface area contributed by atoms with Crippen molar-refractivity contribution in [2.45, 2.75) is 32.7 Å². The van der Waals surface area contributed by atoms with Crippen molar-refractivity contribution in [2.24, 2.45) is 35.0 Å². The van der Waals surface area contributed by atoms with Crippen molar-refractivity contribution in [2.75, 3.05) is 4.90 Å².